The first-order valence-electron chi connectivity index (χ1n) is 11.9. The van der Waals surface area contributed by atoms with Crippen molar-refractivity contribution in [1.29, 1.82) is 0 Å². The van der Waals surface area contributed by atoms with Crippen LogP contribution in [0.5, 0.6) is 0 Å². The largest absolute Gasteiger partial charge is 0.396 e. The highest BCUT2D eigenvalue weighted by molar-refractivity contribution is 14.0. The molecule has 0 radical (unpaired) electrons. The van der Waals surface area contributed by atoms with Crippen LogP contribution in [0.25, 0.3) is 0 Å². The summed E-state index contributed by atoms with van der Waals surface area (Å²) in [6.07, 6.45) is 6.81. The summed E-state index contributed by atoms with van der Waals surface area (Å²) < 4.78 is 19.5. The van der Waals surface area contributed by atoms with Crippen molar-refractivity contribution in [1.82, 2.24) is 15.5 Å². The highest BCUT2D eigenvalue weighted by Crippen LogP contribution is 2.39. The minimum atomic E-state index is -0.209. The molecule has 0 aromatic heterocycles. The van der Waals surface area contributed by atoms with Gasteiger partial charge in [-0.15, -0.1) is 24.0 Å². The second-order valence-corrected chi connectivity index (χ2v) is 8.83. The molecule has 1 aliphatic heterocycles. The van der Waals surface area contributed by atoms with Crippen LogP contribution in [0.3, 0.4) is 0 Å². The lowest BCUT2D eigenvalue weighted by atomic mass is 9.72. The highest BCUT2D eigenvalue weighted by Gasteiger charge is 2.31. The Bertz CT molecular complexity index is 689. The van der Waals surface area contributed by atoms with E-state index < -0.39 is 0 Å². The minimum Gasteiger partial charge on any atom is -0.396 e. The average molecular weight is 563 g/mol. The summed E-state index contributed by atoms with van der Waals surface area (Å²) in [5.41, 5.74) is 1.08. The Morgan fingerprint density at radius 1 is 1.22 bits per heavy atom. The molecule has 2 aliphatic rings. The second-order valence-electron chi connectivity index (χ2n) is 8.83. The maximum absolute atomic E-state index is 13.9. The van der Waals surface area contributed by atoms with Gasteiger partial charge in [0.2, 0.25) is 0 Å². The van der Waals surface area contributed by atoms with Gasteiger partial charge in [0.05, 0.1) is 19.3 Å². The lowest BCUT2D eigenvalue weighted by Gasteiger charge is -2.36. The van der Waals surface area contributed by atoms with Crippen molar-refractivity contribution >= 4 is 29.9 Å². The van der Waals surface area contributed by atoms with Crippen LogP contribution in [0, 0.1) is 11.2 Å². The van der Waals surface area contributed by atoms with Gasteiger partial charge in [-0.1, -0.05) is 31.4 Å². The Labute approximate surface area is 209 Å². The number of halogens is 2. The molecule has 1 heterocycles. The smallest absolute Gasteiger partial charge is 0.191 e. The quantitative estimate of drug-likeness (QED) is 0.243. The molecule has 1 aromatic carbocycles. The Kier molecular flexibility index (Phi) is 12.2. The summed E-state index contributed by atoms with van der Waals surface area (Å²) in [4.78, 5) is 7.27. The summed E-state index contributed by atoms with van der Waals surface area (Å²) >= 11 is 0. The Balaban J connectivity index is 0.00000363. The van der Waals surface area contributed by atoms with Crippen LogP contribution in [0.1, 0.15) is 57.1 Å². The first-order chi connectivity index (χ1) is 15.2. The standard InChI is InChI=1S/C24H39FN4O2.HI/c1-2-26-23(28-19-24(11-14-30)9-4-3-5-10-24)27-18-22(29-12-15-31-16-13-29)20-7-6-8-21(25)17-20;/h6-8,17,22,30H,2-5,9-16,18-19H2,1H3,(H2,26,27,28);1H. The van der Waals surface area contributed by atoms with Gasteiger partial charge in [0.15, 0.2) is 5.96 Å². The number of benzene rings is 1. The zero-order valence-corrected chi connectivity index (χ0v) is 21.7. The number of aliphatic imine (C=N–C) groups is 1. The lowest BCUT2D eigenvalue weighted by Crippen LogP contribution is -2.46. The number of hydrogen-bond acceptors (Lipinski definition) is 4. The number of ether oxygens (including phenoxy) is 1. The van der Waals surface area contributed by atoms with Crippen LogP contribution in [0.2, 0.25) is 0 Å². The van der Waals surface area contributed by atoms with Crippen molar-refractivity contribution < 1.29 is 14.2 Å². The van der Waals surface area contributed by atoms with E-state index in [0.717, 1.165) is 57.0 Å². The summed E-state index contributed by atoms with van der Waals surface area (Å²) in [7, 11) is 0. The third-order valence-electron chi connectivity index (χ3n) is 6.66. The number of morpholine rings is 1. The molecule has 1 aromatic rings. The molecule has 3 N–H and O–H groups in total. The number of aliphatic hydroxyl groups is 1. The Morgan fingerprint density at radius 2 is 1.97 bits per heavy atom. The fraction of sp³-hybridized carbons (Fsp3) is 0.708. The predicted molar refractivity (Wildman–Crippen MR) is 138 cm³/mol. The van der Waals surface area contributed by atoms with Crippen LogP contribution in [-0.4, -0.2) is 68.5 Å². The lowest BCUT2D eigenvalue weighted by molar-refractivity contribution is 0.0169. The minimum absolute atomic E-state index is 0. The molecule has 1 unspecified atom stereocenters. The van der Waals surface area contributed by atoms with Crippen molar-refractivity contribution in [2.45, 2.75) is 51.5 Å². The second kappa shape index (κ2) is 14.3. The van der Waals surface area contributed by atoms with Gasteiger partial charge in [-0.05, 0) is 49.3 Å². The van der Waals surface area contributed by atoms with Crippen LogP contribution >= 0.6 is 24.0 Å². The van der Waals surface area contributed by atoms with Crippen molar-refractivity contribution in [3.63, 3.8) is 0 Å². The number of rotatable bonds is 9. The molecule has 1 saturated heterocycles. The molecular weight excluding hydrogens is 522 g/mol. The van der Waals surface area contributed by atoms with Gasteiger partial charge in [-0.2, -0.15) is 0 Å². The topological polar surface area (TPSA) is 69.1 Å². The molecule has 0 amide bonds. The fourth-order valence-electron chi connectivity index (χ4n) is 4.87. The van der Waals surface area contributed by atoms with E-state index in [1.54, 1.807) is 12.1 Å². The monoisotopic (exact) mass is 562 g/mol. The van der Waals surface area contributed by atoms with E-state index in [4.69, 9.17) is 9.73 Å². The molecule has 1 atom stereocenters. The maximum Gasteiger partial charge on any atom is 0.191 e. The molecule has 0 spiro atoms. The van der Waals surface area contributed by atoms with Gasteiger partial charge in [0.1, 0.15) is 5.82 Å². The van der Waals surface area contributed by atoms with Gasteiger partial charge in [-0.3, -0.25) is 9.89 Å². The highest BCUT2D eigenvalue weighted by atomic mass is 127. The van der Waals surface area contributed by atoms with Crippen molar-refractivity contribution in [3.8, 4) is 0 Å². The van der Waals surface area contributed by atoms with E-state index in [1.807, 2.05) is 6.07 Å². The summed E-state index contributed by atoms with van der Waals surface area (Å²) in [6.45, 7) is 7.49. The Morgan fingerprint density at radius 3 is 2.62 bits per heavy atom. The third kappa shape index (κ3) is 8.11. The molecule has 6 nitrogen and oxygen atoms in total. The van der Waals surface area contributed by atoms with Gasteiger partial charge in [-0.25, -0.2) is 4.39 Å². The van der Waals surface area contributed by atoms with Crippen molar-refractivity contribution in [2.75, 3.05) is 52.5 Å². The summed E-state index contributed by atoms with van der Waals surface area (Å²) in [6, 6.07) is 6.93. The Hall–Kier alpha value is -0.970. The number of nitrogens with zero attached hydrogens (tertiary/aromatic N) is 2. The SMILES string of the molecule is CCNC(=NCC1(CCO)CCCCC1)NCC(c1cccc(F)c1)N1CCOCC1.I. The number of hydrogen-bond donors (Lipinski definition) is 3. The number of aliphatic hydroxyl groups excluding tert-OH is 1. The molecule has 1 saturated carbocycles. The summed E-state index contributed by atoms with van der Waals surface area (Å²) in [5.74, 6) is 0.583. The number of guanidine groups is 1. The van der Waals surface area contributed by atoms with Crippen molar-refractivity contribution in [3.05, 3.63) is 35.6 Å². The zero-order valence-electron chi connectivity index (χ0n) is 19.3. The van der Waals surface area contributed by atoms with Crippen LogP contribution < -0.4 is 10.6 Å². The third-order valence-corrected chi connectivity index (χ3v) is 6.66. The zero-order chi connectivity index (χ0) is 21.9. The first kappa shape index (κ1) is 27.3. The molecule has 182 valence electrons. The average Bonchev–Trinajstić information content (AvgIpc) is 2.79. The van der Waals surface area contributed by atoms with E-state index in [9.17, 15) is 9.50 Å². The molecule has 2 fully saturated rings. The molecule has 1 aliphatic carbocycles. The molecule has 8 heteroatoms. The van der Waals surface area contributed by atoms with Crippen molar-refractivity contribution in [2.24, 2.45) is 10.4 Å². The van der Waals surface area contributed by atoms with E-state index in [0.29, 0.717) is 19.8 Å². The van der Waals surface area contributed by atoms with Gasteiger partial charge >= 0.3 is 0 Å². The van der Waals surface area contributed by atoms with Gasteiger partial charge in [0.25, 0.3) is 0 Å². The van der Waals surface area contributed by atoms with Crippen LogP contribution in [-0.2, 0) is 4.74 Å². The summed E-state index contributed by atoms with van der Waals surface area (Å²) in [5, 5.41) is 16.5. The fourth-order valence-corrected chi connectivity index (χ4v) is 4.87. The van der Waals surface area contributed by atoms with Crippen LogP contribution in [0.4, 0.5) is 4.39 Å². The van der Waals surface area contributed by atoms with E-state index in [2.05, 4.69) is 22.5 Å². The van der Waals surface area contributed by atoms with E-state index in [-0.39, 0.29) is 47.9 Å². The normalized spacial score (nSPS) is 20.3. The van der Waals surface area contributed by atoms with Crippen LogP contribution in [0.15, 0.2) is 29.3 Å². The molecule has 32 heavy (non-hydrogen) atoms. The first-order valence-corrected chi connectivity index (χ1v) is 11.9. The molecule has 3 rings (SSSR count). The predicted octanol–water partition coefficient (Wildman–Crippen LogP) is 3.71. The van der Waals surface area contributed by atoms with E-state index >= 15 is 0 Å². The number of nitrogens with one attached hydrogen (secondary N) is 2. The van der Waals surface area contributed by atoms with Gasteiger partial charge < -0.3 is 20.5 Å². The van der Waals surface area contributed by atoms with Gasteiger partial charge in [0, 0.05) is 39.3 Å². The maximum atomic E-state index is 13.9. The van der Waals surface area contributed by atoms with E-state index in [1.165, 1.54) is 25.3 Å². The molecule has 0 bridgehead atoms. The molecular formula is C24H40FIN4O2.